The molecule has 22 heavy (non-hydrogen) atoms. The van der Waals surface area contributed by atoms with E-state index in [-0.39, 0.29) is 0 Å². The summed E-state index contributed by atoms with van der Waals surface area (Å²) in [6.07, 6.45) is 0.572. The zero-order valence-electron chi connectivity index (χ0n) is 13.8. The quantitative estimate of drug-likeness (QED) is 0.388. The third-order valence-corrected chi connectivity index (χ3v) is 4.44. The highest BCUT2D eigenvalue weighted by molar-refractivity contribution is 5.96. The summed E-state index contributed by atoms with van der Waals surface area (Å²) < 4.78 is 0.874. The summed E-state index contributed by atoms with van der Waals surface area (Å²) >= 11 is 0. The first-order chi connectivity index (χ1) is 10.3. The largest absolute Gasteiger partial charge is 0.622 e. The fraction of sp³-hybridized carbons (Fsp3) is 0.500. The van der Waals surface area contributed by atoms with Crippen molar-refractivity contribution in [1.29, 1.82) is 0 Å². The van der Waals surface area contributed by atoms with Crippen LogP contribution in [-0.4, -0.2) is 37.6 Å². The molecule has 1 heterocycles. The summed E-state index contributed by atoms with van der Waals surface area (Å²) in [6, 6.07) is 9.48. The highest BCUT2D eigenvalue weighted by Crippen LogP contribution is 2.34. The Bertz CT molecular complexity index is 610. The average Bonchev–Trinajstić information content (AvgIpc) is 2.64. The van der Waals surface area contributed by atoms with Crippen molar-refractivity contribution in [3.63, 3.8) is 0 Å². The number of nitrogens with one attached hydrogen (secondary N) is 1. The van der Waals surface area contributed by atoms with Crippen molar-refractivity contribution in [2.45, 2.75) is 52.2 Å². The van der Waals surface area contributed by atoms with Crippen LogP contribution in [0.25, 0.3) is 0 Å². The van der Waals surface area contributed by atoms with Gasteiger partial charge in [0.2, 0.25) is 0 Å². The van der Waals surface area contributed by atoms with Gasteiger partial charge in [-0.05, 0) is 32.9 Å². The summed E-state index contributed by atoms with van der Waals surface area (Å²) in [7, 11) is 0. The van der Waals surface area contributed by atoms with Crippen LogP contribution in [0.1, 0.15) is 41.0 Å². The van der Waals surface area contributed by atoms with Crippen LogP contribution in [0.15, 0.2) is 35.4 Å². The molecule has 1 aliphatic heterocycles. The lowest BCUT2D eigenvalue weighted by Crippen LogP contribution is -2.57. The Morgan fingerprint density at radius 1 is 1.32 bits per heavy atom. The molecule has 0 radical (unpaired) electrons. The Kier molecular flexibility index (Phi) is 4.26. The number of hydrogen-bond acceptors (Lipinski definition) is 5. The first-order valence-electron chi connectivity index (χ1n) is 7.45. The maximum Gasteiger partial charge on any atom is 0.288 e. The van der Waals surface area contributed by atoms with Gasteiger partial charge in [-0.15, -0.1) is 5.06 Å². The number of hydrazone groups is 1. The van der Waals surface area contributed by atoms with E-state index in [0.717, 1.165) is 15.5 Å². The molecular weight excluding hydrogens is 280 g/mol. The molecule has 0 bridgehead atoms. The number of anilines is 1. The summed E-state index contributed by atoms with van der Waals surface area (Å²) in [4.78, 5) is 0. The Morgan fingerprint density at radius 2 is 1.91 bits per heavy atom. The third kappa shape index (κ3) is 2.38. The third-order valence-electron chi connectivity index (χ3n) is 4.44. The first kappa shape index (κ1) is 16.5. The van der Waals surface area contributed by atoms with Gasteiger partial charge in [-0.1, -0.05) is 25.1 Å². The molecule has 6 nitrogen and oxygen atoms in total. The normalized spacial score (nSPS) is 25.6. The molecule has 1 aromatic carbocycles. The Balaban J connectivity index is 2.35. The predicted octanol–water partition coefficient (Wildman–Crippen LogP) is 3.04. The van der Waals surface area contributed by atoms with Gasteiger partial charge in [0.1, 0.15) is 11.3 Å². The zero-order valence-corrected chi connectivity index (χ0v) is 13.8. The van der Waals surface area contributed by atoms with E-state index in [2.05, 4.69) is 10.5 Å². The van der Waals surface area contributed by atoms with Gasteiger partial charge in [0, 0.05) is 13.3 Å². The lowest BCUT2D eigenvalue weighted by molar-refractivity contribution is -0.561. The average molecular weight is 304 g/mol. The van der Waals surface area contributed by atoms with Gasteiger partial charge in [-0.25, -0.2) is 0 Å². The number of nitrogens with zero attached hydrogens (tertiary/aromatic N) is 3. The van der Waals surface area contributed by atoms with Crippen LogP contribution in [0, 0.1) is 5.21 Å². The minimum Gasteiger partial charge on any atom is -0.622 e. The van der Waals surface area contributed by atoms with E-state index in [0.29, 0.717) is 17.8 Å². The van der Waals surface area contributed by atoms with Gasteiger partial charge in [0.25, 0.3) is 5.66 Å². The van der Waals surface area contributed by atoms with Gasteiger partial charge in [-0.2, -0.15) is 9.84 Å². The van der Waals surface area contributed by atoms with Crippen LogP contribution >= 0.6 is 0 Å². The van der Waals surface area contributed by atoms with Crippen molar-refractivity contribution in [3.8, 4) is 0 Å². The van der Waals surface area contributed by atoms with Crippen LogP contribution in [-0.2, 0) is 0 Å². The van der Waals surface area contributed by atoms with Gasteiger partial charge in [0.15, 0.2) is 5.71 Å². The maximum atomic E-state index is 12.7. The topological polar surface area (TPSA) is 73.9 Å². The summed E-state index contributed by atoms with van der Waals surface area (Å²) in [5.41, 5.74) is 2.92. The molecule has 0 aromatic heterocycles. The van der Waals surface area contributed by atoms with E-state index in [1.807, 2.05) is 51.1 Å². The Hall–Kier alpha value is -1.92. The van der Waals surface area contributed by atoms with Crippen molar-refractivity contribution in [2.24, 2.45) is 5.10 Å². The molecule has 0 amide bonds. The maximum absolute atomic E-state index is 12.7. The van der Waals surface area contributed by atoms with Crippen molar-refractivity contribution in [1.82, 2.24) is 5.06 Å². The van der Waals surface area contributed by atoms with Crippen LogP contribution in [0.3, 0.4) is 0 Å². The number of hydrogen-bond donors (Lipinski definition) is 2. The molecule has 1 atom stereocenters. The molecule has 0 saturated heterocycles. The van der Waals surface area contributed by atoms with E-state index in [1.165, 1.54) is 0 Å². The molecule has 0 aliphatic carbocycles. The van der Waals surface area contributed by atoms with Crippen molar-refractivity contribution in [2.75, 3.05) is 5.43 Å². The molecule has 0 unspecified atom stereocenters. The number of rotatable bonds is 4. The minimum absolute atomic E-state index is 0.491. The van der Waals surface area contributed by atoms with E-state index in [4.69, 9.17) is 0 Å². The molecule has 0 saturated carbocycles. The predicted molar refractivity (Wildman–Crippen MR) is 88.2 cm³/mol. The smallest absolute Gasteiger partial charge is 0.288 e. The SMILES string of the molecule is CCC1=[N+]([O-])[C@@](C)(/C(C)=N/Nc2ccccc2)N(O)C1(C)C. The van der Waals surface area contributed by atoms with E-state index < -0.39 is 11.2 Å². The number of hydroxylamine groups is 3. The molecule has 0 spiro atoms. The van der Waals surface area contributed by atoms with E-state index in [1.54, 1.807) is 13.8 Å². The van der Waals surface area contributed by atoms with Crippen molar-refractivity contribution in [3.05, 3.63) is 35.5 Å². The Morgan fingerprint density at radius 3 is 2.41 bits per heavy atom. The molecule has 2 N–H and O–H groups in total. The fourth-order valence-electron chi connectivity index (χ4n) is 2.91. The summed E-state index contributed by atoms with van der Waals surface area (Å²) in [5.74, 6) is 0. The van der Waals surface area contributed by atoms with E-state index in [9.17, 15) is 10.4 Å². The lowest BCUT2D eigenvalue weighted by Gasteiger charge is -2.32. The second-order valence-electron chi connectivity index (χ2n) is 6.16. The summed E-state index contributed by atoms with van der Waals surface area (Å²) in [5, 5.41) is 28.7. The van der Waals surface area contributed by atoms with Crippen LogP contribution in [0.2, 0.25) is 0 Å². The van der Waals surface area contributed by atoms with Crippen molar-refractivity contribution < 1.29 is 9.95 Å². The standard InChI is InChI=1S/C16H24N4O2/c1-6-14-15(3,4)20(22)16(5,19(14)21)12(2)17-18-13-10-8-7-9-11-13/h7-11,18,22H,6H2,1-5H3/b17-12+/t16-/m1/s1. The van der Waals surface area contributed by atoms with Gasteiger partial charge in [0.05, 0.1) is 5.69 Å². The first-order valence-corrected chi connectivity index (χ1v) is 7.45. The number of benzene rings is 1. The lowest BCUT2D eigenvalue weighted by atomic mass is 9.96. The monoisotopic (exact) mass is 304 g/mol. The number of para-hydroxylation sites is 1. The van der Waals surface area contributed by atoms with Gasteiger partial charge >= 0.3 is 0 Å². The van der Waals surface area contributed by atoms with Crippen LogP contribution in [0.4, 0.5) is 5.69 Å². The van der Waals surface area contributed by atoms with Gasteiger partial charge in [-0.3, -0.25) is 5.43 Å². The fourth-order valence-corrected chi connectivity index (χ4v) is 2.91. The van der Waals surface area contributed by atoms with Crippen LogP contribution in [0.5, 0.6) is 0 Å². The van der Waals surface area contributed by atoms with E-state index >= 15 is 0 Å². The van der Waals surface area contributed by atoms with Gasteiger partial charge < -0.3 is 10.4 Å². The molecule has 1 aromatic rings. The highest BCUT2D eigenvalue weighted by Gasteiger charge is 2.60. The second kappa shape index (κ2) is 5.70. The second-order valence-corrected chi connectivity index (χ2v) is 6.16. The molecule has 1 aliphatic rings. The molecule has 0 fully saturated rings. The van der Waals surface area contributed by atoms with Crippen molar-refractivity contribution >= 4 is 17.1 Å². The molecule has 6 heteroatoms. The zero-order chi connectivity index (χ0) is 16.5. The Labute approximate surface area is 131 Å². The highest BCUT2D eigenvalue weighted by atomic mass is 16.6. The molecule has 2 rings (SSSR count). The van der Waals surface area contributed by atoms with Crippen LogP contribution < -0.4 is 5.43 Å². The molecular formula is C16H24N4O2. The summed E-state index contributed by atoms with van der Waals surface area (Å²) in [6.45, 7) is 8.99. The minimum atomic E-state index is -1.23. The molecule has 120 valence electrons.